The summed E-state index contributed by atoms with van der Waals surface area (Å²) in [7, 11) is 0. The fourth-order valence-electron chi connectivity index (χ4n) is 3.27. The number of thiazole rings is 1. The van der Waals surface area contributed by atoms with Crippen LogP contribution in [0, 0.1) is 5.41 Å². The van der Waals surface area contributed by atoms with Crippen molar-refractivity contribution >= 4 is 11.3 Å². The van der Waals surface area contributed by atoms with Crippen molar-refractivity contribution in [1.29, 1.82) is 0 Å². The van der Waals surface area contributed by atoms with Gasteiger partial charge in [0.05, 0.1) is 11.2 Å². The maximum absolute atomic E-state index is 5.00. The Morgan fingerprint density at radius 1 is 1.24 bits per heavy atom. The summed E-state index contributed by atoms with van der Waals surface area (Å²) in [5.74, 6) is 0.528. The minimum atomic E-state index is 0.127. The third-order valence-corrected chi connectivity index (χ3v) is 5.99. The Bertz CT molecular complexity index is 450. The van der Waals surface area contributed by atoms with Crippen LogP contribution in [0.15, 0.2) is 5.38 Å². The molecule has 1 heterocycles. The van der Waals surface area contributed by atoms with Crippen LogP contribution >= 0.6 is 11.3 Å². The van der Waals surface area contributed by atoms with Gasteiger partial charge in [0, 0.05) is 5.38 Å². The van der Waals surface area contributed by atoms with Crippen LogP contribution in [0.3, 0.4) is 0 Å². The van der Waals surface area contributed by atoms with Gasteiger partial charge in [0.15, 0.2) is 0 Å². The van der Waals surface area contributed by atoms with Crippen molar-refractivity contribution in [3.05, 3.63) is 16.1 Å². The van der Waals surface area contributed by atoms with E-state index in [0.717, 1.165) is 6.54 Å². The Hall–Kier alpha value is -0.410. The molecule has 1 atom stereocenters. The molecule has 0 aliphatic heterocycles. The number of nitrogens with zero attached hydrogens (tertiary/aromatic N) is 1. The van der Waals surface area contributed by atoms with Crippen LogP contribution in [0.4, 0.5) is 0 Å². The van der Waals surface area contributed by atoms with Gasteiger partial charge in [-0.3, -0.25) is 0 Å². The minimum Gasteiger partial charge on any atom is -0.305 e. The fourth-order valence-corrected chi connectivity index (χ4v) is 4.49. The van der Waals surface area contributed by atoms with E-state index < -0.39 is 0 Å². The predicted molar refractivity (Wildman–Crippen MR) is 93.0 cm³/mol. The first-order chi connectivity index (χ1) is 9.88. The molecule has 21 heavy (non-hydrogen) atoms. The predicted octanol–water partition coefficient (Wildman–Crippen LogP) is 5.45. The van der Waals surface area contributed by atoms with Crippen LogP contribution in [-0.2, 0) is 5.54 Å². The Kier molecular flexibility index (Phi) is 5.48. The minimum absolute atomic E-state index is 0.127. The molecule has 1 fully saturated rings. The quantitative estimate of drug-likeness (QED) is 0.731. The Balaban J connectivity index is 2.27. The van der Waals surface area contributed by atoms with Crippen LogP contribution in [-0.4, -0.2) is 11.5 Å². The largest absolute Gasteiger partial charge is 0.305 e. The molecule has 1 N–H and O–H groups in total. The summed E-state index contributed by atoms with van der Waals surface area (Å²) >= 11 is 1.87. The first kappa shape index (κ1) is 17.0. The van der Waals surface area contributed by atoms with Crippen molar-refractivity contribution in [3.63, 3.8) is 0 Å². The first-order valence-corrected chi connectivity index (χ1v) is 9.47. The summed E-state index contributed by atoms with van der Waals surface area (Å²) < 4.78 is 0. The summed E-state index contributed by atoms with van der Waals surface area (Å²) in [6.45, 7) is 12.7. The molecule has 2 nitrogen and oxygen atoms in total. The second-order valence-corrected chi connectivity index (χ2v) is 8.62. The van der Waals surface area contributed by atoms with Gasteiger partial charge in [-0.15, -0.1) is 11.3 Å². The molecule has 2 rings (SSSR count). The molecular formula is C18H32N2S. The number of nitrogens with one attached hydrogen (secondary N) is 1. The number of hydrogen-bond acceptors (Lipinski definition) is 3. The third-order valence-electron chi connectivity index (χ3n) is 4.92. The standard InChI is InChI=1S/C18H32N2S/c1-6-12-19-18(9-7-8-17(4,5)10-11-18)16-20-15(13-21-16)14(2)3/h13-14,19H,6-12H2,1-5H3. The summed E-state index contributed by atoms with van der Waals surface area (Å²) in [4.78, 5) is 5.00. The van der Waals surface area contributed by atoms with E-state index in [0.29, 0.717) is 11.3 Å². The fraction of sp³-hybridized carbons (Fsp3) is 0.833. The number of rotatable bonds is 5. The molecule has 1 aliphatic rings. The molecule has 1 aliphatic carbocycles. The van der Waals surface area contributed by atoms with E-state index in [2.05, 4.69) is 45.3 Å². The Morgan fingerprint density at radius 2 is 2.00 bits per heavy atom. The van der Waals surface area contributed by atoms with Gasteiger partial charge in [0.25, 0.3) is 0 Å². The second-order valence-electron chi connectivity index (χ2n) is 7.76. The molecule has 1 aromatic rings. The van der Waals surface area contributed by atoms with E-state index in [1.165, 1.54) is 49.2 Å². The first-order valence-electron chi connectivity index (χ1n) is 8.59. The highest BCUT2D eigenvalue weighted by Gasteiger charge is 2.38. The van der Waals surface area contributed by atoms with Crippen LogP contribution in [0.2, 0.25) is 0 Å². The molecule has 1 aromatic heterocycles. The molecule has 0 amide bonds. The van der Waals surface area contributed by atoms with Gasteiger partial charge < -0.3 is 5.32 Å². The van der Waals surface area contributed by atoms with Crippen LogP contribution in [0.1, 0.15) is 89.8 Å². The molecule has 0 spiro atoms. The lowest BCUT2D eigenvalue weighted by Crippen LogP contribution is -2.42. The normalized spacial score (nSPS) is 26.0. The van der Waals surface area contributed by atoms with Crippen LogP contribution in [0.5, 0.6) is 0 Å². The van der Waals surface area contributed by atoms with E-state index >= 15 is 0 Å². The van der Waals surface area contributed by atoms with Crippen LogP contribution < -0.4 is 5.32 Å². The second kappa shape index (κ2) is 6.78. The molecular weight excluding hydrogens is 276 g/mol. The van der Waals surface area contributed by atoms with E-state index in [-0.39, 0.29) is 5.54 Å². The van der Waals surface area contributed by atoms with Crippen molar-refractivity contribution in [2.24, 2.45) is 5.41 Å². The maximum Gasteiger partial charge on any atom is 0.113 e. The lowest BCUT2D eigenvalue weighted by molar-refractivity contribution is 0.264. The topological polar surface area (TPSA) is 24.9 Å². The van der Waals surface area contributed by atoms with Crippen molar-refractivity contribution in [1.82, 2.24) is 10.3 Å². The molecule has 0 aromatic carbocycles. The molecule has 0 radical (unpaired) electrons. The smallest absolute Gasteiger partial charge is 0.113 e. The van der Waals surface area contributed by atoms with Gasteiger partial charge in [-0.05, 0) is 50.0 Å². The van der Waals surface area contributed by atoms with Gasteiger partial charge in [0.2, 0.25) is 0 Å². The van der Waals surface area contributed by atoms with Crippen molar-refractivity contribution in [2.45, 2.75) is 84.6 Å². The monoisotopic (exact) mass is 308 g/mol. The molecule has 1 saturated carbocycles. The zero-order valence-corrected chi connectivity index (χ0v) is 15.3. The zero-order valence-electron chi connectivity index (χ0n) is 14.5. The zero-order chi connectivity index (χ0) is 15.5. The van der Waals surface area contributed by atoms with Gasteiger partial charge in [0.1, 0.15) is 5.01 Å². The van der Waals surface area contributed by atoms with Crippen LogP contribution in [0.25, 0.3) is 0 Å². The molecule has 0 saturated heterocycles. The highest BCUT2D eigenvalue weighted by atomic mass is 32.1. The van der Waals surface area contributed by atoms with Gasteiger partial charge >= 0.3 is 0 Å². The summed E-state index contributed by atoms with van der Waals surface area (Å²) in [6.07, 6.45) is 7.59. The average molecular weight is 309 g/mol. The lowest BCUT2D eigenvalue weighted by Gasteiger charge is -2.33. The molecule has 120 valence electrons. The van der Waals surface area contributed by atoms with Crippen molar-refractivity contribution in [2.75, 3.05) is 6.54 Å². The maximum atomic E-state index is 5.00. The summed E-state index contributed by atoms with van der Waals surface area (Å²) in [5, 5.41) is 7.48. The van der Waals surface area contributed by atoms with Gasteiger partial charge in [-0.25, -0.2) is 4.98 Å². The number of aromatic nitrogens is 1. The third kappa shape index (κ3) is 4.07. The highest BCUT2D eigenvalue weighted by Crippen LogP contribution is 2.44. The summed E-state index contributed by atoms with van der Waals surface area (Å²) in [5.41, 5.74) is 1.87. The van der Waals surface area contributed by atoms with Crippen molar-refractivity contribution < 1.29 is 0 Å². The summed E-state index contributed by atoms with van der Waals surface area (Å²) in [6, 6.07) is 0. The van der Waals surface area contributed by atoms with E-state index in [1.807, 2.05) is 11.3 Å². The highest BCUT2D eigenvalue weighted by molar-refractivity contribution is 7.09. The Morgan fingerprint density at radius 3 is 2.62 bits per heavy atom. The molecule has 3 heteroatoms. The van der Waals surface area contributed by atoms with E-state index in [9.17, 15) is 0 Å². The Labute approximate surface area is 134 Å². The molecule has 0 bridgehead atoms. The van der Waals surface area contributed by atoms with E-state index in [1.54, 1.807) is 0 Å². The SMILES string of the molecule is CCCNC1(c2nc(C(C)C)cs2)CCCC(C)(C)CC1. The number of hydrogen-bond donors (Lipinski definition) is 1. The lowest BCUT2D eigenvalue weighted by atomic mass is 9.83. The van der Waals surface area contributed by atoms with Gasteiger partial charge in [-0.1, -0.05) is 41.0 Å². The molecule has 1 unspecified atom stereocenters. The average Bonchev–Trinajstić information content (AvgIpc) is 2.86. The van der Waals surface area contributed by atoms with E-state index in [4.69, 9.17) is 4.98 Å². The van der Waals surface area contributed by atoms with Gasteiger partial charge in [-0.2, -0.15) is 0 Å². The van der Waals surface area contributed by atoms with Crippen molar-refractivity contribution in [3.8, 4) is 0 Å².